The summed E-state index contributed by atoms with van der Waals surface area (Å²) >= 11 is 0. The average molecular weight is 431 g/mol. The lowest BCUT2D eigenvalue weighted by Crippen LogP contribution is -2.01. The number of carboxylic acid groups (broad SMARTS) is 1. The number of nitrogens with zero attached hydrogens (tertiary/aromatic N) is 1. The first-order chi connectivity index (χ1) is 16.2. The van der Waals surface area contributed by atoms with Crippen molar-refractivity contribution in [2.24, 2.45) is 0 Å². The van der Waals surface area contributed by atoms with Crippen molar-refractivity contribution in [1.29, 1.82) is 0 Å². The third-order valence-electron chi connectivity index (χ3n) is 5.52. The van der Waals surface area contributed by atoms with E-state index < -0.39 is 5.97 Å². The molecule has 5 aromatic rings. The minimum atomic E-state index is -0.948. The van der Waals surface area contributed by atoms with Crippen molar-refractivity contribution in [3.8, 4) is 5.75 Å². The molecular formula is C29H21NO3. The molecule has 0 atom stereocenters. The van der Waals surface area contributed by atoms with Gasteiger partial charge in [0.15, 0.2) is 0 Å². The molecule has 0 fully saturated rings. The zero-order valence-corrected chi connectivity index (χ0v) is 17.8. The van der Waals surface area contributed by atoms with Crippen LogP contribution in [-0.4, -0.2) is 16.1 Å². The maximum absolute atomic E-state index is 11.9. The lowest BCUT2D eigenvalue weighted by molar-refractivity contribution is 0.0701. The molecule has 0 amide bonds. The number of aromatic carboxylic acids is 1. The minimum Gasteiger partial charge on any atom is -0.489 e. The highest BCUT2D eigenvalue weighted by Gasteiger charge is 2.14. The maximum atomic E-state index is 11.9. The van der Waals surface area contributed by atoms with Crippen LogP contribution in [0.1, 0.15) is 27.0 Å². The molecule has 0 aliphatic heterocycles. The van der Waals surface area contributed by atoms with Crippen molar-refractivity contribution in [1.82, 2.24) is 4.98 Å². The molecule has 0 radical (unpaired) electrons. The topological polar surface area (TPSA) is 59.4 Å². The van der Waals surface area contributed by atoms with Crippen LogP contribution in [0.4, 0.5) is 0 Å². The molecule has 0 spiro atoms. The van der Waals surface area contributed by atoms with E-state index in [2.05, 4.69) is 4.98 Å². The van der Waals surface area contributed by atoms with E-state index in [1.807, 2.05) is 103 Å². The molecule has 33 heavy (non-hydrogen) atoms. The quantitative estimate of drug-likeness (QED) is 0.236. The van der Waals surface area contributed by atoms with E-state index in [9.17, 15) is 9.90 Å². The molecule has 1 heterocycles. The number of hydrogen-bond donors (Lipinski definition) is 1. The standard InChI is InChI=1S/C29H21NO3/c31-29(32)28-24-8-4-5-9-26(24)30-27-18-21(14-17-25(27)28)11-10-20-12-15-23(16-13-20)33-19-22-6-2-1-3-7-22/h1-18H,19H2,(H,31,32). The molecule has 4 heteroatoms. The van der Waals surface area contributed by atoms with Crippen LogP contribution in [0.3, 0.4) is 0 Å². The van der Waals surface area contributed by atoms with Gasteiger partial charge in [0, 0.05) is 10.8 Å². The molecule has 0 saturated carbocycles. The highest BCUT2D eigenvalue weighted by Crippen LogP contribution is 2.27. The number of fused-ring (bicyclic) bond motifs is 2. The SMILES string of the molecule is O=C(O)c1c2ccccc2nc2cc(C=Cc3ccc(OCc4ccccc4)cc3)ccc12. The van der Waals surface area contributed by atoms with Gasteiger partial charge in [-0.15, -0.1) is 0 Å². The lowest BCUT2D eigenvalue weighted by Gasteiger charge is -2.08. The smallest absolute Gasteiger partial charge is 0.337 e. The fourth-order valence-corrected chi connectivity index (χ4v) is 3.85. The minimum absolute atomic E-state index is 0.289. The van der Waals surface area contributed by atoms with Crippen molar-refractivity contribution in [2.45, 2.75) is 6.61 Å². The van der Waals surface area contributed by atoms with Crippen LogP contribution in [0, 0.1) is 0 Å². The molecule has 160 valence electrons. The Morgan fingerprint density at radius 2 is 1.42 bits per heavy atom. The number of benzene rings is 4. The van der Waals surface area contributed by atoms with E-state index in [4.69, 9.17) is 4.74 Å². The summed E-state index contributed by atoms with van der Waals surface area (Å²) in [6.45, 7) is 0.535. The third-order valence-corrected chi connectivity index (χ3v) is 5.52. The number of ether oxygens (including phenoxy) is 1. The molecule has 1 N–H and O–H groups in total. The van der Waals surface area contributed by atoms with Crippen LogP contribution in [0.2, 0.25) is 0 Å². The van der Waals surface area contributed by atoms with Crippen LogP contribution in [0.25, 0.3) is 34.0 Å². The van der Waals surface area contributed by atoms with Gasteiger partial charge in [-0.3, -0.25) is 0 Å². The Labute approximate surface area is 191 Å². The molecule has 0 aliphatic carbocycles. The number of para-hydroxylation sites is 1. The van der Waals surface area contributed by atoms with E-state index in [1.165, 1.54) is 0 Å². The van der Waals surface area contributed by atoms with Gasteiger partial charge in [0.1, 0.15) is 12.4 Å². The molecule has 0 bridgehead atoms. The van der Waals surface area contributed by atoms with Gasteiger partial charge >= 0.3 is 5.97 Å². The van der Waals surface area contributed by atoms with Gasteiger partial charge in [0.2, 0.25) is 0 Å². The third kappa shape index (κ3) is 4.46. The van der Waals surface area contributed by atoms with Crippen molar-refractivity contribution in [3.63, 3.8) is 0 Å². The number of carbonyl (C=O) groups is 1. The predicted molar refractivity (Wildman–Crippen MR) is 132 cm³/mol. The molecule has 0 aliphatic rings. The fourth-order valence-electron chi connectivity index (χ4n) is 3.85. The Bertz CT molecular complexity index is 1470. The zero-order valence-electron chi connectivity index (χ0n) is 17.8. The fraction of sp³-hybridized carbons (Fsp3) is 0.0345. The number of hydrogen-bond acceptors (Lipinski definition) is 3. The van der Waals surface area contributed by atoms with Gasteiger partial charge in [0.05, 0.1) is 16.6 Å². The van der Waals surface area contributed by atoms with Gasteiger partial charge in [-0.25, -0.2) is 9.78 Å². The summed E-state index contributed by atoms with van der Waals surface area (Å²) in [6, 6.07) is 31.0. The molecule has 0 unspecified atom stereocenters. The predicted octanol–water partition coefficient (Wildman–Crippen LogP) is 6.84. The lowest BCUT2D eigenvalue weighted by atomic mass is 10.0. The second-order valence-electron chi connectivity index (χ2n) is 7.76. The first-order valence-electron chi connectivity index (χ1n) is 10.7. The van der Waals surface area contributed by atoms with Crippen LogP contribution in [0.15, 0.2) is 97.1 Å². The molecule has 0 saturated heterocycles. The van der Waals surface area contributed by atoms with Crippen LogP contribution < -0.4 is 4.74 Å². The first-order valence-corrected chi connectivity index (χ1v) is 10.7. The zero-order chi connectivity index (χ0) is 22.6. The monoisotopic (exact) mass is 431 g/mol. The Balaban J connectivity index is 1.37. The van der Waals surface area contributed by atoms with E-state index in [1.54, 1.807) is 6.07 Å². The highest BCUT2D eigenvalue weighted by atomic mass is 16.5. The Morgan fingerprint density at radius 1 is 0.758 bits per heavy atom. The summed E-state index contributed by atoms with van der Waals surface area (Å²) in [6.07, 6.45) is 4.01. The molecule has 1 aromatic heterocycles. The Kier molecular flexibility index (Phi) is 5.56. The number of aromatic nitrogens is 1. The van der Waals surface area contributed by atoms with E-state index in [-0.39, 0.29) is 5.56 Å². The average Bonchev–Trinajstić information content (AvgIpc) is 2.85. The van der Waals surface area contributed by atoms with Gasteiger partial charge in [-0.05, 0) is 41.0 Å². The van der Waals surface area contributed by atoms with Crippen molar-refractivity contribution >= 4 is 39.9 Å². The van der Waals surface area contributed by atoms with Crippen molar-refractivity contribution < 1.29 is 14.6 Å². The van der Waals surface area contributed by atoms with Gasteiger partial charge in [-0.2, -0.15) is 0 Å². The van der Waals surface area contributed by atoms with E-state index >= 15 is 0 Å². The number of carboxylic acids is 1. The second-order valence-corrected chi connectivity index (χ2v) is 7.76. The summed E-state index contributed by atoms with van der Waals surface area (Å²) in [4.78, 5) is 16.6. The maximum Gasteiger partial charge on any atom is 0.337 e. The first kappa shape index (κ1) is 20.5. The largest absolute Gasteiger partial charge is 0.489 e. The summed E-state index contributed by atoms with van der Waals surface area (Å²) in [7, 11) is 0. The van der Waals surface area contributed by atoms with Crippen LogP contribution in [-0.2, 0) is 6.61 Å². The molecular weight excluding hydrogens is 410 g/mol. The van der Waals surface area contributed by atoms with E-state index in [0.717, 1.165) is 22.4 Å². The van der Waals surface area contributed by atoms with Crippen molar-refractivity contribution in [3.05, 3.63) is 119 Å². The summed E-state index contributed by atoms with van der Waals surface area (Å²) in [5.41, 5.74) is 4.75. The van der Waals surface area contributed by atoms with Crippen LogP contribution >= 0.6 is 0 Å². The Morgan fingerprint density at radius 3 is 2.21 bits per heavy atom. The van der Waals surface area contributed by atoms with Crippen molar-refractivity contribution in [2.75, 3.05) is 0 Å². The van der Waals surface area contributed by atoms with Gasteiger partial charge in [-0.1, -0.05) is 84.9 Å². The Hall–Kier alpha value is -4.44. The second kappa shape index (κ2) is 8.97. The van der Waals surface area contributed by atoms with Gasteiger partial charge < -0.3 is 9.84 Å². The summed E-state index contributed by atoms with van der Waals surface area (Å²) in [5.74, 6) is -0.129. The summed E-state index contributed by atoms with van der Waals surface area (Å²) in [5, 5.41) is 11.1. The molecule has 5 rings (SSSR count). The van der Waals surface area contributed by atoms with Crippen LogP contribution in [0.5, 0.6) is 5.75 Å². The van der Waals surface area contributed by atoms with Gasteiger partial charge in [0.25, 0.3) is 0 Å². The number of pyridine rings is 1. The normalized spacial score (nSPS) is 11.3. The number of rotatable bonds is 6. The molecule has 4 nitrogen and oxygen atoms in total. The van der Waals surface area contributed by atoms with E-state index in [0.29, 0.717) is 28.4 Å². The summed E-state index contributed by atoms with van der Waals surface area (Å²) < 4.78 is 5.84. The highest BCUT2D eigenvalue weighted by molar-refractivity contribution is 6.13. The molecule has 4 aromatic carbocycles.